The smallest absolute Gasteiger partial charge is 0.382 e. The van der Waals surface area contributed by atoms with Crippen LogP contribution in [0.2, 0.25) is 0 Å². The van der Waals surface area contributed by atoms with E-state index in [1.54, 1.807) is 6.07 Å². The number of carbonyl (C=O) groups excluding carboxylic acids is 1. The van der Waals surface area contributed by atoms with Gasteiger partial charge in [-0.25, -0.2) is 18.6 Å². The Bertz CT molecular complexity index is 1010. The molecule has 0 bridgehead atoms. The number of esters is 1. The van der Waals surface area contributed by atoms with Crippen molar-refractivity contribution in [2.45, 2.75) is 12.8 Å². The van der Waals surface area contributed by atoms with E-state index in [-0.39, 0.29) is 17.9 Å². The highest BCUT2D eigenvalue weighted by atomic mass is 19.3. The third-order valence-electron chi connectivity index (χ3n) is 3.69. The van der Waals surface area contributed by atoms with Gasteiger partial charge in [-0.2, -0.15) is 8.78 Å². The maximum Gasteiger partial charge on any atom is 0.382 e. The monoisotopic (exact) mass is 379 g/mol. The van der Waals surface area contributed by atoms with Crippen LogP contribution in [-0.4, -0.2) is 17.6 Å². The lowest BCUT2D eigenvalue weighted by Crippen LogP contribution is -2.29. The van der Waals surface area contributed by atoms with Crippen molar-refractivity contribution in [3.63, 3.8) is 0 Å². The number of benzene rings is 2. The van der Waals surface area contributed by atoms with Gasteiger partial charge in [0, 0.05) is 5.39 Å². The van der Waals surface area contributed by atoms with Crippen molar-refractivity contribution < 1.29 is 31.8 Å². The molecule has 140 valence electrons. The molecule has 0 radical (unpaired) electrons. The molecule has 0 saturated carbocycles. The fourth-order valence-corrected chi connectivity index (χ4v) is 2.50. The SMILES string of the molecule is CCOC(=O)C(F)(F)c1c(F)cccc1Oc1cnc2c(F)cccc2c1. The van der Waals surface area contributed by atoms with Gasteiger partial charge in [0.15, 0.2) is 0 Å². The van der Waals surface area contributed by atoms with Gasteiger partial charge in [0.2, 0.25) is 0 Å². The van der Waals surface area contributed by atoms with E-state index in [0.717, 1.165) is 24.4 Å². The largest absolute Gasteiger partial charge is 0.461 e. The Morgan fingerprint density at radius 2 is 1.81 bits per heavy atom. The number of alkyl halides is 2. The third kappa shape index (κ3) is 3.55. The van der Waals surface area contributed by atoms with Gasteiger partial charge in [0.05, 0.1) is 12.8 Å². The minimum atomic E-state index is -4.26. The number of nitrogens with zero attached hydrogens (tertiary/aromatic N) is 1. The number of pyridine rings is 1. The number of para-hydroxylation sites is 1. The van der Waals surface area contributed by atoms with Gasteiger partial charge in [-0.1, -0.05) is 18.2 Å². The predicted octanol–water partition coefficient (Wildman–Crippen LogP) is 4.96. The maximum absolute atomic E-state index is 14.4. The molecule has 0 spiro atoms. The lowest BCUT2D eigenvalue weighted by atomic mass is 10.1. The quantitative estimate of drug-likeness (QED) is 0.464. The molecule has 0 unspecified atom stereocenters. The minimum absolute atomic E-state index is 0.0281. The summed E-state index contributed by atoms with van der Waals surface area (Å²) >= 11 is 0. The molecule has 27 heavy (non-hydrogen) atoms. The standard InChI is InChI=1S/C19H13F4NO3/c1-2-26-18(25)19(22,23)16-13(20)6-4-8-15(16)27-12-9-11-5-3-7-14(21)17(11)24-10-12/h3-10H,2H2,1H3. The number of rotatable bonds is 5. The highest BCUT2D eigenvalue weighted by Gasteiger charge is 2.47. The van der Waals surface area contributed by atoms with Crippen molar-refractivity contribution in [1.82, 2.24) is 4.98 Å². The van der Waals surface area contributed by atoms with Crippen LogP contribution in [-0.2, 0) is 15.5 Å². The van der Waals surface area contributed by atoms with Crippen LogP contribution in [0.1, 0.15) is 12.5 Å². The van der Waals surface area contributed by atoms with Gasteiger partial charge in [-0.3, -0.25) is 0 Å². The molecular weight excluding hydrogens is 366 g/mol. The van der Waals surface area contributed by atoms with Crippen molar-refractivity contribution in [3.8, 4) is 11.5 Å². The lowest BCUT2D eigenvalue weighted by Gasteiger charge is -2.19. The highest BCUT2D eigenvalue weighted by Crippen LogP contribution is 2.40. The molecule has 0 aliphatic heterocycles. The maximum atomic E-state index is 14.4. The highest BCUT2D eigenvalue weighted by molar-refractivity contribution is 5.81. The Labute approximate surface area is 151 Å². The summed E-state index contributed by atoms with van der Waals surface area (Å²) in [6, 6.07) is 8.61. The Kier molecular flexibility index (Phi) is 4.98. The molecule has 0 N–H and O–H groups in total. The van der Waals surface area contributed by atoms with Gasteiger partial charge < -0.3 is 9.47 Å². The van der Waals surface area contributed by atoms with E-state index < -0.39 is 34.8 Å². The topological polar surface area (TPSA) is 48.4 Å². The molecule has 3 rings (SSSR count). The van der Waals surface area contributed by atoms with Crippen LogP contribution in [0, 0.1) is 11.6 Å². The number of ether oxygens (including phenoxy) is 2. The first-order valence-electron chi connectivity index (χ1n) is 7.90. The number of aromatic nitrogens is 1. The zero-order valence-corrected chi connectivity index (χ0v) is 14.0. The van der Waals surface area contributed by atoms with E-state index in [1.165, 1.54) is 25.1 Å². The second-order valence-electron chi connectivity index (χ2n) is 5.49. The van der Waals surface area contributed by atoms with Crippen molar-refractivity contribution in [2.24, 2.45) is 0 Å². The second-order valence-corrected chi connectivity index (χ2v) is 5.49. The summed E-state index contributed by atoms with van der Waals surface area (Å²) in [6.07, 6.45) is 1.11. The van der Waals surface area contributed by atoms with Crippen molar-refractivity contribution in [3.05, 3.63) is 65.9 Å². The molecule has 8 heteroatoms. The Morgan fingerprint density at radius 1 is 1.11 bits per heavy atom. The molecule has 2 aromatic carbocycles. The van der Waals surface area contributed by atoms with Crippen LogP contribution in [0.15, 0.2) is 48.7 Å². The average Bonchev–Trinajstić information content (AvgIpc) is 2.62. The first-order valence-corrected chi connectivity index (χ1v) is 7.90. The summed E-state index contributed by atoms with van der Waals surface area (Å²) in [4.78, 5) is 15.5. The second kappa shape index (κ2) is 7.22. The van der Waals surface area contributed by atoms with Gasteiger partial charge >= 0.3 is 11.9 Å². The van der Waals surface area contributed by atoms with Crippen LogP contribution in [0.5, 0.6) is 11.5 Å². The average molecular weight is 379 g/mol. The van der Waals surface area contributed by atoms with Crippen LogP contribution >= 0.6 is 0 Å². The molecule has 0 amide bonds. The molecule has 1 heterocycles. The Balaban J connectivity index is 2.03. The van der Waals surface area contributed by atoms with Crippen molar-refractivity contribution >= 4 is 16.9 Å². The van der Waals surface area contributed by atoms with E-state index in [9.17, 15) is 22.4 Å². The third-order valence-corrected chi connectivity index (χ3v) is 3.69. The molecule has 0 atom stereocenters. The summed E-state index contributed by atoms with van der Waals surface area (Å²) < 4.78 is 66.3. The van der Waals surface area contributed by atoms with E-state index in [4.69, 9.17) is 4.74 Å². The zero-order chi connectivity index (χ0) is 19.6. The molecule has 0 aliphatic carbocycles. The zero-order valence-electron chi connectivity index (χ0n) is 14.0. The normalized spacial score (nSPS) is 11.4. The Morgan fingerprint density at radius 3 is 2.56 bits per heavy atom. The van der Waals surface area contributed by atoms with Gasteiger partial charge in [-0.15, -0.1) is 0 Å². The summed E-state index contributed by atoms with van der Waals surface area (Å²) in [5.41, 5.74) is -1.18. The fourth-order valence-electron chi connectivity index (χ4n) is 2.50. The molecule has 4 nitrogen and oxygen atoms in total. The van der Waals surface area contributed by atoms with Crippen molar-refractivity contribution in [1.29, 1.82) is 0 Å². The first kappa shape index (κ1) is 18.6. The molecule has 0 saturated heterocycles. The number of fused-ring (bicyclic) bond motifs is 1. The molecule has 3 aromatic rings. The van der Waals surface area contributed by atoms with Gasteiger partial charge in [0.25, 0.3) is 0 Å². The number of hydrogen-bond acceptors (Lipinski definition) is 4. The summed E-state index contributed by atoms with van der Waals surface area (Å²) in [7, 11) is 0. The number of halogens is 4. The van der Waals surface area contributed by atoms with Gasteiger partial charge in [-0.05, 0) is 31.2 Å². The molecule has 1 aromatic heterocycles. The van der Waals surface area contributed by atoms with Crippen LogP contribution in [0.25, 0.3) is 10.9 Å². The van der Waals surface area contributed by atoms with Crippen LogP contribution in [0.4, 0.5) is 17.6 Å². The fraction of sp³-hybridized carbons (Fsp3) is 0.158. The summed E-state index contributed by atoms with van der Waals surface area (Å²) in [5.74, 6) is -8.64. The summed E-state index contributed by atoms with van der Waals surface area (Å²) in [6.45, 7) is 1.06. The molecular formula is C19H13F4NO3. The molecule has 0 aliphatic rings. The van der Waals surface area contributed by atoms with Crippen LogP contribution in [0.3, 0.4) is 0 Å². The predicted molar refractivity (Wildman–Crippen MR) is 88.7 cm³/mol. The lowest BCUT2D eigenvalue weighted by molar-refractivity contribution is -0.173. The van der Waals surface area contributed by atoms with Crippen LogP contribution < -0.4 is 4.74 Å². The first-order chi connectivity index (χ1) is 12.8. The molecule has 0 fully saturated rings. The minimum Gasteiger partial charge on any atom is -0.461 e. The number of carbonyl (C=O) groups is 1. The van der Waals surface area contributed by atoms with E-state index in [1.807, 2.05) is 0 Å². The van der Waals surface area contributed by atoms with E-state index in [0.29, 0.717) is 5.39 Å². The summed E-state index contributed by atoms with van der Waals surface area (Å²) in [5, 5.41) is 0.364. The van der Waals surface area contributed by atoms with Gasteiger partial charge in [0.1, 0.15) is 34.2 Å². The van der Waals surface area contributed by atoms with E-state index >= 15 is 0 Å². The van der Waals surface area contributed by atoms with Crippen molar-refractivity contribution in [2.75, 3.05) is 6.61 Å². The number of hydrogen-bond donors (Lipinski definition) is 0. The Hall–Kier alpha value is -3.16. The van der Waals surface area contributed by atoms with E-state index in [2.05, 4.69) is 9.72 Å².